The molecule has 2 rings (SSSR count). The number of aryl methyl sites for hydroxylation is 1. The van der Waals surface area contributed by atoms with E-state index >= 15 is 0 Å². The van der Waals surface area contributed by atoms with Crippen LogP contribution < -0.4 is 11.5 Å². The first-order chi connectivity index (χ1) is 12.4. The van der Waals surface area contributed by atoms with Gasteiger partial charge in [-0.3, -0.25) is 4.99 Å². The molecule has 1 atom stereocenters. The van der Waals surface area contributed by atoms with Crippen LogP contribution in [0.1, 0.15) is 51.7 Å². The first-order valence-corrected chi connectivity index (χ1v) is 9.28. The molecule has 0 heterocycles. The van der Waals surface area contributed by atoms with Gasteiger partial charge in [0.2, 0.25) is 0 Å². The molecule has 1 aromatic carbocycles. The highest BCUT2D eigenvalue weighted by atomic mass is 14.7. The van der Waals surface area contributed by atoms with Crippen LogP contribution in [0.4, 0.5) is 0 Å². The van der Waals surface area contributed by atoms with Crippen molar-refractivity contribution in [2.24, 2.45) is 16.5 Å². The molecule has 1 aromatic rings. The minimum absolute atomic E-state index is 0.0538. The van der Waals surface area contributed by atoms with E-state index in [1.165, 1.54) is 27.9 Å². The predicted octanol–water partition coefficient (Wildman–Crippen LogP) is 4.91. The van der Waals surface area contributed by atoms with Crippen molar-refractivity contribution in [1.29, 1.82) is 0 Å². The quantitative estimate of drug-likeness (QED) is 0.717. The fourth-order valence-corrected chi connectivity index (χ4v) is 3.36. The zero-order valence-electron chi connectivity index (χ0n) is 16.5. The standard InChI is InChI=1S/C23H31N3/c1-6-15(3)21-20(25)14-16(4)22(21)23(26-7-2)19-12-10-18(11-13-19)9-8-17(5)24/h7,10-14,20H,5-6,8-9,24-25H2,1-4H3/b21-15-,23-22-,26-7?. The Morgan fingerprint density at radius 2 is 1.92 bits per heavy atom. The van der Waals surface area contributed by atoms with Crippen molar-refractivity contribution in [3.63, 3.8) is 0 Å². The molecule has 1 aliphatic carbocycles. The summed E-state index contributed by atoms with van der Waals surface area (Å²) in [5, 5.41) is 0. The largest absolute Gasteiger partial charge is 0.403 e. The molecule has 0 amide bonds. The van der Waals surface area contributed by atoms with Crippen molar-refractivity contribution in [3.05, 3.63) is 76.0 Å². The molecule has 0 radical (unpaired) electrons. The molecule has 0 spiro atoms. The Balaban J connectivity index is 2.52. The molecule has 138 valence electrons. The lowest BCUT2D eigenvalue weighted by atomic mass is 9.92. The molecular formula is C23H31N3. The van der Waals surface area contributed by atoms with Crippen LogP contribution in [0.15, 0.2) is 69.9 Å². The van der Waals surface area contributed by atoms with Crippen LogP contribution in [0.5, 0.6) is 0 Å². The highest BCUT2D eigenvalue weighted by molar-refractivity contribution is 5.83. The van der Waals surface area contributed by atoms with Crippen LogP contribution in [0.2, 0.25) is 0 Å². The maximum absolute atomic E-state index is 6.40. The predicted molar refractivity (Wildman–Crippen MR) is 114 cm³/mol. The number of allylic oxidation sites excluding steroid dienone is 3. The SMILES string of the molecule is C=C(N)CCc1ccc(/C(N=CC)=C2\C(C)=CC(N)\C2=C(/C)CC)cc1. The maximum Gasteiger partial charge on any atom is 0.0776 e. The van der Waals surface area contributed by atoms with Gasteiger partial charge in [0, 0.05) is 29.1 Å². The van der Waals surface area contributed by atoms with E-state index in [0.717, 1.165) is 36.2 Å². The molecule has 1 unspecified atom stereocenters. The van der Waals surface area contributed by atoms with E-state index in [9.17, 15) is 0 Å². The Kier molecular flexibility index (Phi) is 6.76. The molecule has 3 nitrogen and oxygen atoms in total. The second-order valence-corrected chi connectivity index (χ2v) is 6.89. The smallest absolute Gasteiger partial charge is 0.0776 e. The fourth-order valence-electron chi connectivity index (χ4n) is 3.36. The van der Waals surface area contributed by atoms with Crippen LogP contribution in [0.3, 0.4) is 0 Å². The van der Waals surface area contributed by atoms with Crippen molar-refractivity contribution in [1.82, 2.24) is 0 Å². The van der Waals surface area contributed by atoms with E-state index in [4.69, 9.17) is 16.5 Å². The van der Waals surface area contributed by atoms with Crippen molar-refractivity contribution in [3.8, 4) is 0 Å². The molecule has 26 heavy (non-hydrogen) atoms. The van der Waals surface area contributed by atoms with Crippen molar-refractivity contribution < 1.29 is 0 Å². The third-order valence-electron chi connectivity index (χ3n) is 4.87. The summed E-state index contributed by atoms with van der Waals surface area (Å²) in [6.45, 7) is 12.2. The third kappa shape index (κ3) is 4.41. The van der Waals surface area contributed by atoms with Gasteiger partial charge in [-0.1, -0.05) is 49.4 Å². The van der Waals surface area contributed by atoms with Crippen LogP contribution >= 0.6 is 0 Å². The Bertz CT molecular complexity index is 789. The van der Waals surface area contributed by atoms with Gasteiger partial charge in [0.05, 0.1) is 5.70 Å². The van der Waals surface area contributed by atoms with Gasteiger partial charge in [-0.2, -0.15) is 0 Å². The van der Waals surface area contributed by atoms with Gasteiger partial charge in [0.1, 0.15) is 0 Å². The van der Waals surface area contributed by atoms with Gasteiger partial charge in [0.25, 0.3) is 0 Å². The van der Waals surface area contributed by atoms with E-state index < -0.39 is 0 Å². The monoisotopic (exact) mass is 349 g/mol. The normalized spacial score (nSPS) is 21.1. The summed E-state index contributed by atoms with van der Waals surface area (Å²) < 4.78 is 0. The summed E-state index contributed by atoms with van der Waals surface area (Å²) in [7, 11) is 0. The first-order valence-electron chi connectivity index (χ1n) is 9.28. The molecule has 0 aromatic heterocycles. The Hall–Kier alpha value is -2.39. The second-order valence-electron chi connectivity index (χ2n) is 6.89. The summed E-state index contributed by atoms with van der Waals surface area (Å²) in [4.78, 5) is 4.72. The summed E-state index contributed by atoms with van der Waals surface area (Å²) in [5.74, 6) is 0. The van der Waals surface area contributed by atoms with Gasteiger partial charge < -0.3 is 11.5 Å². The Morgan fingerprint density at radius 1 is 1.27 bits per heavy atom. The van der Waals surface area contributed by atoms with Gasteiger partial charge in [-0.05, 0) is 56.7 Å². The molecule has 0 aliphatic heterocycles. The Morgan fingerprint density at radius 3 is 2.46 bits per heavy atom. The van der Waals surface area contributed by atoms with Gasteiger partial charge in [0.15, 0.2) is 0 Å². The topological polar surface area (TPSA) is 64.4 Å². The number of hydrogen-bond acceptors (Lipinski definition) is 3. The number of aliphatic imine (C=N–C) groups is 1. The van der Waals surface area contributed by atoms with E-state index in [1.807, 2.05) is 13.1 Å². The van der Waals surface area contributed by atoms with Crippen LogP contribution in [-0.4, -0.2) is 12.3 Å². The summed E-state index contributed by atoms with van der Waals surface area (Å²) >= 11 is 0. The van der Waals surface area contributed by atoms with E-state index in [1.54, 1.807) is 0 Å². The van der Waals surface area contributed by atoms with Crippen LogP contribution in [0, 0.1) is 0 Å². The number of nitrogens with two attached hydrogens (primary N) is 2. The third-order valence-corrected chi connectivity index (χ3v) is 4.87. The number of benzene rings is 1. The lowest BCUT2D eigenvalue weighted by Gasteiger charge is -2.16. The number of nitrogens with zero attached hydrogens (tertiary/aromatic N) is 1. The molecule has 0 fully saturated rings. The van der Waals surface area contributed by atoms with E-state index in [2.05, 4.69) is 57.7 Å². The number of hydrogen-bond donors (Lipinski definition) is 2. The van der Waals surface area contributed by atoms with Gasteiger partial charge >= 0.3 is 0 Å². The van der Waals surface area contributed by atoms with Crippen molar-refractivity contribution in [2.75, 3.05) is 0 Å². The minimum atomic E-state index is -0.0538. The fraction of sp³-hybridized carbons (Fsp3) is 0.348. The highest BCUT2D eigenvalue weighted by Crippen LogP contribution is 2.39. The van der Waals surface area contributed by atoms with Crippen molar-refractivity contribution in [2.45, 2.75) is 53.0 Å². The first kappa shape index (κ1) is 19.9. The molecule has 1 aliphatic rings. The molecule has 0 saturated carbocycles. The lowest BCUT2D eigenvalue weighted by molar-refractivity contribution is 0.931. The summed E-state index contributed by atoms with van der Waals surface area (Å²) in [5.41, 5.74) is 21.1. The highest BCUT2D eigenvalue weighted by Gasteiger charge is 2.26. The number of rotatable bonds is 6. The molecule has 3 heteroatoms. The van der Waals surface area contributed by atoms with Gasteiger partial charge in [-0.15, -0.1) is 0 Å². The van der Waals surface area contributed by atoms with Gasteiger partial charge in [-0.25, -0.2) is 0 Å². The summed E-state index contributed by atoms with van der Waals surface area (Å²) in [6, 6.07) is 8.52. The minimum Gasteiger partial charge on any atom is -0.403 e. The molecule has 0 bridgehead atoms. The van der Waals surface area contributed by atoms with E-state index in [-0.39, 0.29) is 6.04 Å². The zero-order valence-corrected chi connectivity index (χ0v) is 16.5. The zero-order chi connectivity index (χ0) is 19.3. The Labute approximate surface area is 157 Å². The molecule has 4 N–H and O–H groups in total. The van der Waals surface area contributed by atoms with E-state index in [0.29, 0.717) is 0 Å². The average Bonchev–Trinajstić information content (AvgIpc) is 2.91. The summed E-state index contributed by atoms with van der Waals surface area (Å²) in [6.07, 6.45) is 6.68. The molecule has 0 saturated heterocycles. The average molecular weight is 350 g/mol. The van der Waals surface area contributed by atoms with Crippen LogP contribution in [-0.2, 0) is 6.42 Å². The van der Waals surface area contributed by atoms with Crippen LogP contribution in [0.25, 0.3) is 5.70 Å². The lowest BCUT2D eigenvalue weighted by Crippen LogP contribution is -2.18. The second kappa shape index (κ2) is 8.81. The molecular weight excluding hydrogens is 318 g/mol. The maximum atomic E-state index is 6.40. The van der Waals surface area contributed by atoms with Crippen molar-refractivity contribution >= 4 is 11.9 Å².